The Hall–Kier alpha value is -1.30. The molecule has 0 rings (SSSR count). The highest BCUT2D eigenvalue weighted by Gasteiger charge is 2.28. The molecule has 0 fully saturated rings. The average molecular weight is 289 g/mol. The number of aliphatic hydroxyl groups excluding tert-OH is 1. The molecule has 0 aromatic heterocycles. The lowest BCUT2D eigenvalue weighted by atomic mass is 10.1. The van der Waals surface area contributed by atoms with E-state index in [2.05, 4.69) is 5.32 Å². The summed E-state index contributed by atoms with van der Waals surface area (Å²) in [5, 5.41) is 11.9. The lowest BCUT2D eigenvalue weighted by Gasteiger charge is -2.24. The third-order valence-corrected chi connectivity index (χ3v) is 2.48. The van der Waals surface area contributed by atoms with Gasteiger partial charge in [0.2, 0.25) is 0 Å². The van der Waals surface area contributed by atoms with E-state index in [1.807, 2.05) is 0 Å². The molecular weight excluding hydrogens is 262 g/mol. The van der Waals surface area contributed by atoms with Gasteiger partial charge in [-0.25, -0.2) is 9.59 Å². The van der Waals surface area contributed by atoms with Crippen molar-refractivity contribution in [2.24, 2.45) is 5.92 Å². The van der Waals surface area contributed by atoms with Crippen molar-refractivity contribution in [2.75, 3.05) is 6.61 Å². The van der Waals surface area contributed by atoms with Gasteiger partial charge in [0, 0.05) is 0 Å². The predicted octanol–water partition coefficient (Wildman–Crippen LogP) is 1.85. The topological polar surface area (TPSA) is 84.9 Å². The van der Waals surface area contributed by atoms with E-state index in [9.17, 15) is 14.7 Å². The van der Waals surface area contributed by atoms with E-state index in [4.69, 9.17) is 9.47 Å². The highest BCUT2D eigenvalue weighted by molar-refractivity contribution is 5.81. The van der Waals surface area contributed by atoms with Gasteiger partial charge in [0.1, 0.15) is 18.2 Å². The van der Waals surface area contributed by atoms with Gasteiger partial charge in [-0.05, 0) is 33.1 Å². The molecule has 0 spiro atoms. The van der Waals surface area contributed by atoms with Crippen LogP contribution in [0.25, 0.3) is 0 Å². The number of carbonyl (C=O) groups excluding carboxylic acids is 2. The summed E-state index contributed by atoms with van der Waals surface area (Å²) >= 11 is 0. The van der Waals surface area contributed by atoms with Crippen molar-refractivity contribution in [2.45, 2.75) is 65.7 Å². The predicted molar refractivity (Wildman–Crippen MR) is 75.3 cm³/mol. The lowest BCUT2D eigenvalue weighted by molar-refractivity contribution is -0.150. The number of ether oxygens (including phenoxy) is 2. The molecule has 1 amide bonds. The minimum absolute atomic E-state index is 0.0748. The number of rotatable bonds is 6. The van der Waals surface area contributed by atoms with Crippen molar-refractivity contribution in [3.8, 4) is 0 Å². The highest BCUT2D eigenvalue weighted by Crippen LogP contribution is 2.10. The second-order valence-electron chi connectivity index (χ2n) is 6.06. The van der Waals surface area contributed by atoms with Crippen LogP contribution >= 0.6 is 0 Å². The van der Waals surface area contributed by atoms with E-state index in [0.717, 1.165) is 0 Å². The van der Waals surface area contributed by atoms with Gasteiger partial charge in [-0.15, -0.1) is 0 Å². The molecule has 6 nitrogen and oxygen atoms in total. The zero-order chi connectivity index (χ0) is 15.9. The molecule has 0 aliphatic heterocycles. The van der Waals surface area contributed by atoms with E-state index in [-0.39, 0.29) is 12.5 Å². The van der Waals surface area contributed by atoms with Crippen molar-refractivity contribution in [3.63, 3.8) is 0 Å². The molecule has 20 heavy (non-hydrogen) atoms. The van der Waals surface area contributed by atoms with Crippen LogP contribution in [0.15, 0.2) is 0 Å². The standard InChI is InChI=1S/C14H27NO5/c1-7-10(16)8-19-12(17)11(9(2)3)15-13(18)20-14(4,5)6/h9-11,16H,7-8H2,1-6H3,(H,15,18)/t10-,11+/m1/s1. The first kappa shape index (κ1) is 18.7. The molecule has 0 aliphatic rings. The van der Waals surface area contributed by atoms with Gasteiger partial charge in [-0.2, -0.15) is 0 Å². The molecule has 0 saturated carbocycles. The van der Waals surface area contributed by atoms with Crippen LogP contribution in [0.1, 0.15) is 48.0 Å². The Balaban J connectivity index is 4.49. The molecule has 6 heteroatoms. The summed E-state index contributed by atoms with van der Waals surface area (Å²) < 4.78 is 10.1. The van der Waals surface area contributed by atoms with Crippen molar-refractivity contribution >= 4 is 12.1 Å². The second-order valence-corrected chi connectivity index (χ2v) is 6.06. The molecule has 2 N–H and O–H groups in total. The number of aliphatic hydroxyl groups is 1. The molecule has 0 radical (unpaired) electrons. The van der Waals surface area contributed by atoms with Gasteiger partial charge < -0.3 is 19.9 Å². The summed E-state index contributed by atoms with van der Waals surface area (Å²) in [6, 6.07) is -0.797. The number of hydrogen-bond donors (Lipinski definition) is 2. The Bertz CT molecular complexity index is 322. The number of carbonyl (C=O) groups is 2. The fourth-order valence-corrected chi connectivity index (χ4v) is 1.32. The fraction of sp³-hybridized carbons (Fsp3) is 0.857. The maximum absolute atomic E-state index is 11.9. The third-order valence-electron chi connectivity index (χ3n) is 2.48. The zero-order valence-corrected chi connectivity index (χ0v) is 13.2. The summed E-state index contributed by atoms with van der Waals surface area (Å²) in [5.74, 6) is -0.716. The van der Waals surface area contributed by atoms with Crippen LogP contribution in [0.3, 0.4) is 0 Å². The molecule has 2 atom stereocenters. The first-order valence-electron chi connectivity index (χ1n) is 6.91. The Morgan fingerprint density at radius 2 is 1.80 bits per heavy atom. The first-order chi connectivity index (χ1) is 9.06. The number of nitrogens with one attached hydrogen (secondary N) is 1. The summed E-state index contributed by atoms with van der Waals surface area (Å²) in [7, 11) is 0. The Morgan fingerprint density at radius 3 is 2.20 bits per heavy atom. The molecule has 118 valence electrons. The molecule has 0 bridgehead atoms. The van der Waals surface area contributed by atoms with Crippen molar-refractivity contribution in [1.82, 2.24) is 5.32 Å². The fourth-order valence-electron chi connectivity index (χ4n) is 1.32. The van der Waals surface area contributed by atoms with Crippen LogP contribution in [-0.2, 0) is 14.3 Å². The van der Waals surface area contributed by atoms with Gasteiger partial charge in [-0.3, -0.25) is 0 Å². The molecule has 0 unspecified atom stereocenters. The summed E-state index contributed by atoms with van der Waals surface area (Å²) in [6.45, 7) is 10.5. The van der Waals surface area contributed by atoms with Crippen LogP contribution in [-0.4, -0.2) is 41.5 Å². The summed E-state index contributed by atoms with van der Waals surface area (Å²) in [5.41, 5.74) is -0.631. The van der Waals surface area contributed by atoms with Crippen LogP contribution in [0.2, 0.25) is 0 Å². The summed E-state index contributed by atoms with van der Waals surface area (Å²) in [6.07, 6.45) is -0.850. The van der Waals surface area contributed by atoms with Crippen molar-refractivity contribution < 1.29 is 24.2 Å². The highest BCUT2D eigenvalue weighted by atomic mass is 16.6. The van der Waals surface area contributed by atoms with Gasteiger partial charge >= 0.3 is 12.1 Å². The molecule has 0 aliphatic carbocycles. The number of amides is 1. The van der Waals surface area contributed by atoms with Gasteiger partial charge in [-0.1, -0.05) is 20.8 Å². The molecule has 0 heterocycles. The quantitative estimate of drug-likeness (QED) is 0.729. The van der Waals surface area contributed by atoms with Crippen LogP contribution < -0.4 is 5.32 Å². The summed E-state index contributed by atoms with van der Waals surface area (Å²) in [4.78, 5) is 23.6. The molecular formula is C14H27NO5. The smallest absolute Gasteiger partial charge is 0.408 e. The molecule has 0 saturated heterocycles. The monoisotopic (exact) mass is 289 g/mol. The SMILES string of the molecule is CC[C@@H](O)COC(=O)[C@@H](NC(=O)OC(C)(C)C)C(C)C. The Morgan fingerprint density at radius 1 is 1.25 bits per heavy atom. The maximum atomic E-state index is 11.9. The zero-order valence-electron chi connectivity index (χ0n) is 13.2. The molecule has 0 aromatic carbocycles. The average Bonchev–Trinajstić information content (AvgIpc) is 2.29. The maximum Gasteiger partial charge on any atom is 0.408 e. The van der Waals surface area contributed by atoms with Gasteiger partial charge in [0.15, 0.2) is 0 Å². The Labute approximate surface area is 120 Å². The number of alkyl carbamates (subject to hydrolysis) is 1. The van der Waals surface area contributed by atoms with Gasteiger partial charge in [0.25, 0.3) is 0 Å². The second kappa shape index (κ2) is 8.09. The number of esters is 1. The van der Waals surface area contributed by atoms with E-state index in [1.165, 1.54) is 0 Å². The van der Waals surface area contributed by atoms with E-state index in [0.29, 0.717) is 6.42 Å². The third kappa shape index (κ3) is 7.99. The number of hydrogen-bond acceptors (Lipinski definition) is 5. The van der Waals surface area contributed by atoms with E-state index >= 15 is 0 Å². The lowest BCUT2D eigenvalue weighted by Crippen LogP contribution is -2.47. The van der Waals surface area contributed by atoms with Crippen LogP contribution in [0.5, 0.6) is 0 Å². The van der Waals surface area contributed by atoms with Crippen LogP contribution in [0.4, 0.5) is 4.79 Å². The first-order valence-corrected chi connectivity index (χ1v) is 6.91. The largest absolute Gasteiger partial charge is 0.461 e. The minimum Gasteiger partial charge on any atom is -0.461 e. The van der Waals surface area contributed by atoms with Gasteiger partial charge in [0.05, 0.1) is 6.10 Å². The van der Waals surface area contributed by atoms with E-state index < -0.39 is 29.8 Å². The van der Waals surface area contributed by atoms with E-state index in [1.54, 1.807) is 41.5 Å². The Kier molecular flexibility index (Phi) is 7.57. The normalized spacial score (nSPS) is 14.6. The minimum atomic E-state index is -0.797. The van der Waals surface area contributed by atoms with Crippen molar-refractivity contribution in [3.05, 3.63) is 0 Å². The van der Waals surface area contributed by atoms with Crippen LogP contribution in [0, 0.1) is 5.92 Å². The van der Waals surface area contributed by atoms with Crippen molar-refractivity contribution in [1.29, 1.82) is 0 Å². The molecule has 0 aromatic rings.